The van der Waals surface area contributed by atoms with Crippen LogP contribution < -0.4 is 32.2 Å². The Bertz CT molecular complexity index is 1260. The van der Waals surface area contributed by atoms with E-state index in [1.54, 1.807) is 12.3 Å². The van der Waals surface area contributed by atoms with Gasteiger partial charge in [-0.3, -0.25) is 9.78 Å². The Hall–Kier alpha value is -4.20. The van der Waals surface area contributed by atoms with Crippen LogP contribution >= 0.6 is 0 Å². The van der Waals surface area contributed by atoms with Crippen LogP contribution in [0.5, 0.6) is 5.88 Å². The number of pyridine rings is 2. The minimum atomic E-state index is -4.58. The molecule has 0 aliphatic carbocycles. The minimum absolute atomic E-state index is 0.0236. The van der Waals surface area contributed by atoms with Crippen LogP contribution in [0.2, 0.25) is 0 Å². The fourth-order valence-corrected chi connectivity index (χ4v) is 3.73. The van der Waals surface area contributed by atoms with Gasteiger partial charge in [-0.15, -0.1) is 0 Å². The van der Waals surface area contributed by atoms with Gasteiger partial charge in [0, 0.05) is 25.3 Å². The summed E-state index contributed by atoms with van der Waals surface area (Å²) in [5.41, 5.74) is 19.0. The van der Waals surface area contributed by atoms with Gasteiger partial charge in [0.2, 0.25) is 0 Å². The first kappa shape index (κ1) is 24.9. The van der Waals surface area contributed by atoms with E-state index in [-0.39, 0.29) is 34.6 Å². The van der Waals surface area contributed by atoms with Crippen LogP contribution in [-0.2, 0) is 0 Å². The number of nitrogens with zero attached hydrogens (tertiary/aromatic N) is 5. The number of nitrogen functional groups attached to an aromatic ring is 2. The quantitative estimate of drug-likeness (QED) is 0.391. The molecule has 0 spiro atoms. The van der Waals surface area contributed by atoms with E-state index < -0.39 is 24.6 Å². The Morgan fingerprint density at radius 1 is 1.17 bits per heavy atom. The second kappa shape index (κ2) is 10.2. The number of carbonyl (C=O) groups is 1. The Morgan fingerprint density at radius 3 is 2.72 bits per heavy atom. The van der Waals surface area contributed by atoms with Gasteiger partial charge in [-0.2, -0.15) is 13.2 Å². The Labute approximate surface area is 203 Å². The molecule has 14 heteroatoms. The summed E-state index contributed by atoms with van der Waals surface area (Å²) in [5, 5.41) is 2.78. The number of aromatic nitrogens is 4. The molecular weight excluding hydrogens is 479 g/mol. The normalized spacial score (nSPS) is 16.0. The number of carbonyl (C=O) groups excluding carboxylic acids is 1. The maximum absolute atomic E-state index is 13.1. The number of alkyl halides is 3. The minimum Gasteiger partial charge on any atom is -0.465 e. The van der Waals surface area contributed by atoms with Gasteiger partial charge in [-0.05, 0) is 31.0 Å². The highest BCUT2D eigenvalue weighted by molar-refractivity contribution is 6.07. The van der Waals surface area contributed by atoms with Crippen LogP contribution in [0.15, 0.2) is 36.8 Å². The number of ether oxygens (including phenoxy) is 1. The molecule has 1 aliphatic rings. The van der Waals surface area contributed by atoms with Gasteiger partial charge >= 0.3 is 6.18 Å². The first-order valence-electron chi connectivity index (χ1n) is 11.0. The highest BCUT2D eigenvalue weighted by Crippen LogP contribution is 2.29. The lowest BCUT2D eigenvalue weighted by Gasteiger charge is -2.33. The van der Waals surface area contributed by atoms with Crippen molar-refractivity contribution >= 4 is 28.8 Å². The number of amides is 1. The lowest BCUT2D eigenvalue weighted by atomic mass is 10.1. The summed E-state index contributed by atoms with van der Waals surface area (Å²) in [6.45, 7) is -0.171. The van der Waals surface area contributed by atoms with Crippen molar-refractivity contribution in [1.82, 2.24) is 19.9 Å². The molecule has 7 N–H and O–H groups in total. The molecule has 11 nitrogen and oxygen atoms in total. The molecule has 0 aromatic carbocycles. The maximum atomic E-state index is 13.1. The average Bonchev–Trinajstić information content (AvgIpc) is 2.83. The van der Waals surface area contributed by atoms with E-state index in [4.69, 9.17) is 17.2 Å². The van der Waals surface area contributed by atoms with Crippen LogP contribution in [0.1, 0.15) is 23.3 Å². The van der Waals surface area contributed by atoms with Gasteiger partial charge in [0.1, 0.15) is 5.69 Å². The molecular formula is C22H24F3N9O2. The van der Waals surface area contributed by atoms with Gasteiger partial charge < -0.3 is 32.2 Å². The van der Waals surface area contributed by atoms with Crippen molar-refractivity contribution in [3.8, 4) is 17.3 Å². The number of piperidine rings is 1. The molecule has 1 fully saturated rings. The van der Waals surface area contributed by atoms with Gasteiger partial charge in [0.25, 0.3) is 11.8 Å². The van der Waals surface area contributed by atoms with Crippen molar-refractivity contribution in [3.63, 3.8) is 0 Å². The highest BCUT2D eigenvalue weighted by Gasteiger charge is 2.29. The number of nitrogens with one attached hydrogen (secondary N) is 1. The third-order valence-electron chi connectivity index (χ3n) is 5.39. The molecule has 4 rings (SSSR count). The first-order chi connectivity index (χ1) is 17.1. The number of hydrogen-bond donors (Lipinski definition) is 4. The van der Waals surface area contributed by atoms with E-state index in [2.05, 4.69) is 34.9 Å². The van der Waals surface area contributed by atoms with Gasteiger partial charge in [0.15, 0.2) is 18.1 Å². The number of rotatable bonds is 6. The molecule has 1 saturated heterocycles. The summed E-state index contributed by atoms with van der Waals surface area (Å²) in [6, 6.07) is 4.69. The maximum Gasteiger partial charge on any atom is 0.422 e. The van der Waals surface area contributed by atoms with Gasteiger partial charge in [0.05, 0.1) is 35.1 Å². The summed E-state index contributed by atoms with van der Waals surface area (Å²) in [7, 11) is 0. The molecule has 3 aromatic heterocycles. The first-order valence-corrected chi connectivity index (χ1v) is 11.0. The molecule has 4 heterocycles. The summed E-state index contributed by atoms with van der Waals surface area (Å²) in [6.07, 6.45) is 1.60. The van der Waals surface area contributed by atoms with E-state index in [0.29, 0.717) is 12.2 Å². The van der Waals surface area contributed by atoms with Gasteiger partial charge in [-0.25, -0.2) is 15.0 Å². The van der Waals surface area contributed by atoms with E-state index in [9.17, 15) is 18.0 Å². The van der Waals surface area contributed by atoms with E-state index >= 15 is 0 Å². The van der Waals surface area contributed by atoms with Crippen LogP contribution in [-0.4, -0.2) is 57.8 Å². The van der Waals surface area contributed by atoms with E-state index in [1.807, 2.05) is 0 Å². The zero-order valence-corrected chi connectivity index (χ0v) is 19.0. The Kier molecular flexibility index (Phi) is 7.05. The largest absolute Gasteiger partial charge is 0.465 e. The Morgan fingerprint density at radius 2 is 1.97 bits per heavy atom. The number of hydrogen-bond acceptors (Lipinski definition) is 10. The zero-order chi connectivity index (χ0) is 25.9. The lowest BCUT2D eigenvalue weighted by molar-refractivity contribution is -0.154. The molecule has 36 heavy (non-hydrogen) atoms. The van der Waals surface area contributed by atoms with Crippen molar-refractivity contribution in [1.29, 1.82) is 0 Å². The second-order valence-corrected chi connectivity index (χ2v) is 8.18. The van der Waals surface area contributed by atoms with Crippen LogP contribution in [0, 0.1) is 0 Å². The van der Waals surface area contributed by atoms with Crippen LogP contribution in [0.25, 0.3) is 11.4 Å². The average molecular weight is 503 g/mol. The van der Waals surface area contributed by atoms with Crippen molar-refractivity contribution in [2.75, 3.05) is 41.4 Å². The van der Waals surface area contributed by atoms with Crippen LogP contribution in [0.3, 0.4) is 0 Å². The highest BCUT2D eigenvalue weighted by atomic mass is 19.4. The second-order valence-electron chi connectivity index (χ2n) is 8.18. The third kappa shape index (κ3) is 5.89. The number of halogens is 3. The summed E-state index contributed by atoms with van der Waals surface area (Å²) in [4.78, 5) is 31.3. The third-order valence-corrected chi connectivity index (χ3v) is 5.39. The molecule has 1 atom stereocenters. The molecule has 0 saturated carbocycles. The van der Waals surface area contributed by atoms with Crippen molar-refractivity contribution < 1.29 is 22.7 Å². The smallest absolute Gasteiger partial charge is 0.422 e. The molecule has 0 radical (unpaired) electrons. The predicted octanol–water partition coefficient (Wildman–Crippen LogP) is 2.22. The number of nitrogens with two attached hydrogens (primary N) is 3. The summed E-state index contributed by atoms with van der Waals surface area (Å²) in [5.74, 6) is -1.44. The summed E-state index contributed by atoms with van der Waals surface area (Å²) >= 11 is 0. The Balaban J connectivity index is 1.58. The zero-order valence-electron chi connectivity index (χ0n) is 19.0. The topological polar surface area (TPSA) is 171 Å². The summed E-state index contributed by atoms with van der Waals surface area (Å²) < 4.78 is 42.2. The fourth-order valence-electron chi connectivity index (χ4n) is 3.73. The van der Waals surface area contributed by atoms with E-state index in [1.165, 1.54) is 24.5 Å². The predicted molar refractivity (Wildman–Crippen MR) is 127 cm³/mol. The lowest BCUT2D eigenvalue weighted by Crippen LogP contribution is -2.43. The van der Waals surface area contributed by atoms with Gasteiger partial charge in [-0.1, -0.05) is 0 Å². The molecule has 190 valence electrons. The fraction of sp³-hybridized carbons (Fsp3) is 0.318. The molecule has 1 aliphatic heterocycles. The SMILES string of the molecule is Nc1ccc(-c2cnc(N)c(OCC(F)(F)F)n2)nc1C(=O)Nc1cnccc1N1CCC[C@H](N)C1. The monoisotopic (exact) mass is 503 g/mol. The molecule has 0 unspecified atom stereocenters. The van der Waals surface area contributed by atoms with Crippen molar-refractivity contribution in [3.05, 3.63) is 42.5 Å². The van der Waals surface area contributed by atoms with Crippen LogP contribution in [0.4, 0.5) is 36.1 Å². The molecule has 0 bridgehead atoms. The molecule has 3 aromatic rings. The number of anilines is 4. The van der Waals surface area contributed by atoms with E-state index in [0.717, 1.165) is 25.1 Å². The standard InChI is InChI=1S/C22H24F3N9O2/c23-22(24,25)11-36-21-19(28)30-9-15(33-21)14-4-3-13(27)18(31-14)20(35)32-16-8-29-6-5-17(16)34-7-1-2-12(26)10-34/h3-6,8-9,12H,1-2,7,10-11,26-27H2,(H2,28,30)(H,32,35)/t12-/m0/s1. The van der Waals surface area contributed by atoms with Crippen molar-refractivity contribution in [2.24, 2.45) is 5.73 Å². The van der Waals surface area contributed by atoms with Crippen molar-refractivity contribution in [2.45, 2.75) is 25.1 Å². The molecule has 1 amide bonds.